The fourth-order valence-electron chi connectivity index (χ4n) is 2.74. The van der Waals surface area contributed by atoms with Gasteiger partial charge in [-0.05, 0) is 37.2 Å². The Morgan fingerprint density at radius 3 is 2.95 bits per heavy atom. The first kappa shape index (κ1) is 14.6. The highest BCUT2D eigenvalue weighted by Gasteiger charge is 2.08. The number of hydrogen-bond donors (Lipinski definition) is 2. The summed E-state index contributed by atoms with van der Waals surface area (Å²) in [4.78, 5) is 6.88. The predicted molar refractivity (Wildman–Crippen MR) is 89.2 cm³/mol. The van der Waals surface area contributed by atoms with Crippen molar-refractivity contribution in [3.63, 3.8) is 0 Å². The number of benzene rings is 1. The molecule has 0 bridgehead atoms. The van der Waals surface area contributed by atoms with Crippen molar-refractivity contribution in [3.8, 4) is 0 Å². The third-order valence-electron chi connectivity index (χ3n) is 3.88. The Morgan fingerprint density at radius 2 is 2.10 bits per heavy atom. The number of rotatable bonds is 5. The van der Waals surface area contributed by atoms with Gasteiger partial charge in [-0.3, -0.25) is 4.98 Å². The first-order valence-corrected chi connectivity index (χ1v) is 7.92. The zero-order valence-electron chi connectivity index (χ0n) is 12.1. The molecule has 0 aliphatic carbocycles. The summed E-state index contributed by atoms with van der Waals surface area (Å²) in [6.07, 6.45) is 2.98. The molecule has 2 heterocycles. The monoisotopic (exact) mass is 304 g/mol. The molecule has 21 heavy (non-hydrogen) atoms. The molecule has 1 fully saturated rings. The van der Waals surface area contributed by atoms with E-state index in [1.807, 2.05) is 30.5 Å². The van der Waals surface area contributed by atoms with Gasteiger partial charge in [0.1, 0.15) is 0 Å². The standard InChI is InChI=1S/C16H21ClN4/c17-13-2-3-14-15(4-6-20-16(14)12-13)19-5-1-9-21-10-7-18-8-11-21/h2-4,6,12,18H,1,5,7-11H2,(H,19,20). The predicted octanol–water partition coefficient (Wildman–Crippen LogP) is 2.60. The van der Waals surface area contributed by atoms with E-state index in [9.17, 15) is 0 Å². The van der Waals surface area contributed by atoms with Crippen LogP contribution in [0.2, 0.25) is 5.02 Å². The lowest BCUT2D eigenvalue weighted by Gasteiger charge is -2.27. The van der Waals surface area contributed by atoms with Crippen molar-refractivity contribution in [1.29, 1.82) is 0 Å². The summed E-state index contributed by atoms with van der Waals surface area (Å²) in [5.74, 6) is 0. The van der Waals surface area contributed by atoms with Crippen LogP contribution in [0.4, 0.5) is 5.69 Å². The van der Waals surface area contributed by atoms with Crippen LogP contribution in [0.1, 0.15) is 6.42 Å². The first-order chi connectivity index (χ1) is 10.3. The lowest BCUT2D eigenvalue weighted by molar-refractivity contribution is 0.240. The van der Waals surface area contributed by atoms with Crippen LogP contribution >= 0.6 is 11.6 Å². The number of fused-ring (bicyclic) bond motifs is 1. The van der Waals surface area contributed by atoms with Crippen LogP contribution in [-0.4, -0.2) is 49.2 Å². The zero-order chi connectivity index (χ0) is 14.5. The number of nitrogens with one attached hydrogen (secondary N) is 2. The number of piperazine rings is 1. The van der Waals surface area contributed by atoms with Crippen molar-refractivity contribution >= 4 is 28.2 Å². The van der Waals surface area contributed by atoms with Gasteiger partial charge in [-0.2, -0.15) is 0 Å². The lowest BCUT2D eigenvalue weighted by atomic mass is 10.2. The van der Waals surface area contributed by atoms with Crippen molar-refractivity contribution in [2.75, 3.05) is 44.6 Å². The number of nitrogens with zero attached hydrogens (tertiary/aromatic N) is 2. The quantitative estimate of drug-likeness (QED) is 0.833. The van der Waals surface area contributed by atoms with Crippen LogP contribution in [0.3, 0.4) is 0 Å². The maximum Gasteiger partial charge on any atom is 0.0737 e. The van der Waals surface area contributed by atoms with Crippen molar-refractivity contribution < 1.29 is 0 Å². The van der Waals surface area contributed by atoms with Gasteiger partial charge < -0.3 is 15.5 Å². The van der Waals surface area contributed by atoms with E-state index >= 15 is 0 Å². The third-order valence-corrected chi connectivity index (χ3v) is 4.12. The highest BCUT2D eigenvalue weighted by molar-refractivity contribution is 6.31. The van der Waals surface area contributed by atoms with Crippen molar-refractivity contribution in [3.05, 3.63) is 35.5 Å². The molecule has 1 aromatic heterocycles. The molecule has 0 amide bonds. The number of pyridine rings is 1. The maximum absolute atomic E-state index is 6.01. The second-order valence-electron chi connectivity index (χ2n) is 5.39. The summed E-state index contributed by atoms with van der Waals surface area (Å²) in [6.45, 7) is 6.69. The van der Waals surface area contributed by atoms with Gasteiger partial charge >= 0.3 is 0 Å². The van der Waals surface area contributed by atoms with Gasteiger partial charge in [0.25, 0.3) is 0 Å². The highest BCUT2D eigenvalue weighted by atomic mass is 35.5. The summed E-state index contributed by atoms with van der Waals surface area (Å²) in [5, 5.41) is 8.76. The summed E-state index contributed by atoms with van der Waals surface area (Å²) in [5.41, 5.74) is 2.08. The molecular weight excluding hydrogens is 284 g/mol. The Balaban J connectivity index is 1.55. The second kappa shape index (κ2) is 7.07. The Labute approximate surface area is 130 Å². The Kier molecular flexibility index (Phi) is 4.91. The zero-order valence-corrected chi connectivity index (χ0v) is 12.9. The highest BCUT2D eigenvalue weighted by Crippen LogP contribution is 2.24. The number of hydrogen-bond acceptors (Lipinski definition) is 4. The molecule has 0 spiro atoms. The van der Waals surface area contributed by atoms with Crippen LogP contribution in [0, 0.1) is 0 Å². The fraction of sp³-hybridized carbons (Fsp3) is 0.438. The minimum atomic E-state index is 0.728. The third kappa shape index (κ3) is 3.84. The van der Waals surface area contributed by atoms with E-state index in [1.165, 1.54) is 0 Å². The fourth-order valence-corrected chi connectivity index (χ4v) is 2.90. The van der Waals surface area contributed by atoms with E-state index in [4.69, 9.17) is 11.6 Å². The topological polar surface area (TPSA) is 40.2 Å². The van der Waals surface area contributed by atoms with Crippen molar-refractivity contribution in [2.45, 2.75) is 6.42 Å². The van der Waals surface area contributed by atoms with Crippen LogP contribution < -0.4 is 10.6 Å². The molecule has 5 heteroatoms. The Hall–Kier alpha value is -1.36. The molecule has 1 aliphatic heterocycles. The van der Waals surface area contributed by atoms with E-state index < -0.39 is 0 Å². The summed E-state index contributed by atoms with van der Waals surface area (Å²) < 4.78 is 0. The van der Waals surface area contributed by atoms with Gasteiger partial charge in [0.15, 0.2) is 0 Å². The van der Waals surface area contributed by atoms with Crippen molar-refractivity contribution in [1.82, 2.24) is 15.2 Å². The molecular formula is C16H21ClN4. The summed E-state index contributed by atoms with van der Waals surface area (Å²) in [7, 11) is 0. The molecule has 4 nitrogen and oxygen atoms in total. The minimum Gasteiger partial charge on any atom is -0.384 e. The number of anilines is 1. The van der Waals surface area contributed by atoms with E-state index in [0.29, 0.717) is 0 Å². The molecule has 1 aliphatic rings. The molecule has 112 valence electrons. The average molecular weight is 305 g/mol. The van der Waals surface area contributed by atoms with Gasteiger partial charge in [-0.25, -0.2) is 0 Å². The molecule has 0 saturated carbocycles. The Morgan fingerprint density at radius 1 is 1.24 bits per heavy atom. The summed E-state index contributed by atoms with van der Waals surface area (Å²) in [6, 6.07) is 7.88. The molecule has 0 atom stereocenters. The molecule has 2 aromatic rings. The molecule has 1 saturated heterocycles. The van der Waals surface area contributed by atoms with Gasteiger partial charge in [0, 0.05) is 55.0 Å². The number of aromatic nitrogens is 1. The maximum atomic E-state index is 6.01. The van der Waals surface area contributed by atoms with E-state index in [1.54, 1.807) is 0 Å². The van der Waals surface area contributed by atoms with Crippen LogP contribution in [0.25, 0.3) is 10.9 Å². The number of halogens is 1. The second-order valence-corrected chi connectivity index (χ2v) is 5.83. The molecule has 1 aromatic carbocycles. The van der Waals surface area contributed by atoms with Gasteiger partial charge in [0.2, 0.25) is 0 Å². The van der Waals surface area contributed by atoms with Crippen LogP contribution in [-0.2, 0) is 0 Å². The van der Waals surface area contributed by atoms with E-state index in [-0.39, 0.29) is 0 Å². The normalized spacial score (nSPS) is 16.2. The Bertz CT molecular complexity index is 596. The average Bonchev–Trinajstić information content (AvgIpc) is 2.52. The molecule has 0 unspecified atom stereocenters. The SMILES string of the molecule is Clc1ccc2c(NCCCN3CCNCC3)ccnc2c1. The van der Waals surface area contributed by atoms with Crippen molar-refractivity contribution in [2.24, 2.45) is 0 Å². The van der Waals surface area contributed by atoms with Gasteiger partial charge in [-0.15, -0.1) is 0 Å². The van der Waals surface area contributed by atoms with Crippen LogP contribution in [0.15, 0.2) is 30.5 Å². The lowest BCUT2D eigenvalue weighted by Crippen LogP contribution is -2.44. The largest absolute Gasteiger partial charge is 0.384 e. The van der Waals surface area contributed by atoms with Gasteiger partial charge in [-0.1, -0.05) is 11.6 Å². The molecule has 0 radical (unpaired) electrons. The molecule has 2 N–H and O–H groups in total. The summed E-state index contributed by atoms with van der Waals surface area (Å²) >= 11 is 6.01. The molecule has 3 rings (SSSR count). The minimum absolute atomic E-state index is 0.728. The smallest absolute Gasteiger partial charge is 0.0737 e. The first-order valence-electron chi connectivity index (χ1n) is 7.54. The van der Waals surface area contributed by atoms with Gasteiger partial charge in [0.05, 0.1) is 5.52 Å². The van der Waals surface area contributed by atoms with Crippen LogP contribution in [0.5, 0.6) is 0 Å². The van der Waals surface area contributed by atoms with E-state index in [0.717, 1.165) is 67.3 Å². The van der Waals surface area contributed by atoms with E-state index in [2.05, 4.69) is 20.5 Å².